The lowest BCUT2D eigenvalue weighted by atomic mass is 10.3. The van der Waals surface area contributed by atoms with Crippen LogP contribution < -0.4 is 10.6 Å². The van der Waals surface area contributed by atoms with Crippen molar-refractivity contribution in [3.63, 3.8) is 0 Å². The standard InChI is InChI=1S/C9H8N2.ClH/c1-2-4-9-8(3-1)7-10-5-6-11-9;/h1-5,7H,6H2;1H. The van der Waals surface area contributed by atoms with Gasteiger partial charge in [-0.3, -0.25) is 9.98 Å². The van der Waals surface area contributed by atoms with Gasteiger partial charge in [0.05, 0.1) is 11.9 Å². The third-order valence-corrected chi connectivity index (χ3v) is 1.60. The fourth-order valence-corrected chi connectivity index (χ4v) is 1.06. The van der Waals surface area contributed by atoms with Gasteiger partial charge in [0.2, 0.25) is 0 Å². The molecule has 2 rings (SSSR count). The van der Waals surface area contributed by atoms with Gasteiger partial charge in [0, 0.05) is 17.6 Å². The topological polar surface area (TPSA) is 24.7 Å². The molecule has 2 nitrogen and oxygen atoms in total. The number of hydrogen-bond acceptors (Lipinski definition) is 2. The Balaban J connectivity index is 0.000000720. The molecule has 0 fully saturated rings. The van der Waals surface area contributed by atoms with E-state index in [1.807, 2.05) is 30.5 Å². The first-order chi connectivity index (χ1) is 5.47. The van der Waals surface area contributed by atoms with E-state index in [2.05, 4.69) is 9.98 Å². The molecule has 0 aromatic heterocycles. The molecule has 0 aliphatic carbocycles. The van der Waals surface area contributed by atoms with Crippen LogP contribution in [0.25, 0.3) is 6.20 Å². The Morgan fingerprint density at radius 3 is 2.92 bits per heavy atom. The van der Waals surface area contributed by atoms with Crippen molar-refractivity contribution in [3.05, 3.63) is 34.8 Å². The quantitative estimate of drug-likeness (QED) is 0.557. The summed E-state index contributed by atoms with van der Waals surface area (Å²) in [5, 5.41) is 2.13. The second-order valence-corrected chi connectivity index (χ2v) is 2.36. The zero-order valence-corrected chi connectivity index (χ0v) is 7.29. The van der Waals surface area contributed by atoms with Crippen molar-refractivity contribution in [2.45, 2.75) is 0 Å². The molecule has 1 heterocycles. The molecular weight excluding hydrogens is 172 g/mol. The van der Waals surface area contributed by atoms with Crippen LogP contribution in [0.5, 0.6) is 0 Å². The normalized spacial score (nSPS) is 13.0. The van der Waals surface area contributed by atoms with Crippen LogP contribution in [0.3, 0.4) is 0 Å². The second-order valence-electron chi connectivity index (χ2n) is 2.36. The lowest BCUT2D eigenvalue weighted by Gasteiger charge is -1.84. The van der Waals surface area contributed by atoms with Crippen molar-refractivity contribution >= 4 is 24.8 Å². The van der Waals surface area contributed by atoms with Crippen molar-refractivity contribution in [2.75, 3.05) is 6.54 Å². The van der Waals surface area contributed by atoms with E-state index >= 15 is 0 Å². The molecule has 0 saturated heterocycles. The number of benzene rings is 1. The Kier molecular flexibility index (Phi) is 3.00. The highest BCUT2D eigenvalue weighted by atomic mass is 35.5. The molecular formula is C9H9ClN2. The molecule has 3 heteroatoms. The van der Waals surface area contributed by atoms with Crippen molar-refractivity contribution in [2.24, 2.45) is 9.98 Å². The number of fused-ring (bicyclic) bond motifs is 1. The molecule has 0 amide bonds. The number of para-hydroxylation sites is 1. The number of nitrogens with zero attached hydrogens (tertiary/aromatic N) is 2. The first-order valence-electron chi connectivity index (χ1n) is 3.58. The van der Waals surface area contributed by atoms with Crippen LogP contribution in [0.2, 0.25) is 0 Å². The maximum Gasteiger partial charge on any atom is 0.0749 e. The van der Waals surface area contributed by atoms with Gasteiger partial charge in [-0.05, 0) is 6.07 Å². The van der Waals surface area contributed by atoms with E-state index in [9.17, 15) is 0 Å². The predicted molar refractivity (Wildman–Crippen MR) is 52.3 cm³/mol. The minimum absolute atomic E-state index is 0. The Morgan fingerprint density at radius 2 is 2.00 bits per heavy atom. The molecule has 0 atom stereocenters. The molecule has 0 bridgehead atoms. The summed E-state index contributed by atoms with van der Waals surface area (Å²) in [5.41, 5.74) is 0. The average Bonchev–Trinajstić information content (AvgIpc) is 2.28. The Morgan fingerprint density at radius 1 is 1.17 bits per heavy atom. The maximum absolute atomic E-state index is 4.31. The largest absolute Gasteiger partial charge is 0.279 e. The van der Waals surface area contributed by atoms with Gasteiger partial charge in [0.1, 0.15) is 0 Å². The van der Waals surface area contributed by atoms with Crippen molar-refractivity contribution in [3.8, 4) is 0 Å². The molecule has 0 radical (unpaired) electrons. The molecule has 0 saturated carbocycles. The molecule has 0 unspecified atom stereocenters. The van der Waals surface area contributed by atoms with Crippen LogP contribution in [0, 0.1) is 0 Å². The van der Waals surface area contributed by atoms with Crippen LogP contribution in [0.1, 0.15) is 0 Å². The number of rotatable bonds is 0. The highest BCUT2D eigenvalue weighted by molar-refractivity contribution is 5.85. The summed E-state index contributed by atoms with van der Waals surface area (Å²) in [5.74, 6) is 0. The summed E-state index contributed by atoms with van der Waals surface area (Å²) in [6.45, 7) is 0.688. The van der Waals surface area contributed by atoms with Gasteiger partial charge in [-0.15, -0.1) is 12.4 Å². The van der Waals surface area contributed by atoms with E-state index < -0.39 is 0 Å². The number of hydrogen-bond donors (Lipinski definition) is 0. The van der Waals surface area contributed by atoms with Crippen LogP contribution >= 0.6 is 12.4 Å². The summed E-state index contributed by atoms with van der Waals surface area (Å²) in [4.78, 5) is 8.37. The summed E-state index contributed by atoms with van der Waals surface area (Å²) >= 11 is 0. The summed E-state index contributed by atoms with van der Waals surface area (Å²) < 4.78 is 0. The van der Waals surface area contributed by atoms with Gasteiger partial charge < -0.3 is 0 Å². The van der Waals surface area contributed by atoms with Gasteiger partial charge in [0.25, 0.3) is 0 Å². The van der Waals surface area contributed by atoms with Gasteiger partial charge in [-0.2, -0.15) is 0 Å². The van der Waals surface area contributed by atoms with Gasteiger partial charge in [-0.1, -0.05) is 18.2 Å². The first-order valence-corrected chi connectivity index (χ1v) is 3.58. The Bertz CT molecular complexity index is 395. The van der Waals surface area contributed by atoms with Crippen molar-refractivity contribution in [1.29, 1.82) is 0 Å². The molecule has 12 heavy (non-hydrogen) atoms. The smallest absolute Gasteiger partial charge is 0.0749 e. The predicted octanol–water partition coefficient (Wildman–Crippen LogP) is 0.550. The minimum Gasteiger partial charge on any atom is -0.279 e. The fourth-order valence-electron chi connectivity index (χ4n) is 1.06. The van der Waals surface area contributed by atoms with Gasteiger partial charge in [0.15, 0.2) is 0 Å². The maximum atomic E-state index is 4.31. The van der Waals surface area contributed by atoms with Gasteiger partial charge in [-0.25, -0.2) is 0 Å². The molecule has 62 valence electrons. The molecule has 1 aromatic rings. The van der Waals surface area contributed by atoms with E-state index in [0.717, 1.165) is 10.6 Å². The molecule has 1 aliphatic heterocycles. The number of halogens is 1. The first kappa shape index (κ1) is 8.94. The molecule has 1 aliphatic rings. The fraction of sp³-hybridized carbons (Fsp3) is 0.111. The lowest BCUT2D eigenvalue weighted by Crippen LogP contribution is -2.23. The van der Waals surface area contributed by atoms with Crippen LogP contribution in [0.15, 0.2) is 34.3 Å². The van der Waals surface area contributed by atoms with E-state index in [1.54, 1.807) is 6.21 Å². The van der Waals surface area contributed by atoms with E-state index in [0.29, 0.717) is 6.54 Å². The van der Waals surface area contributed by atoms with Crippen molar-refractivity contribution in [1.82, 2.24) is 0 Å². The van der Waals surface area contributed by atoms with Crippen molar-refractivity contribution < 1.29 is 0 Å². The van der Waals surface area contributed by atoms with Gasteiger partial charge >= 0.3 is 0 Å². The summed E-state index contributed by atoms with van der Waals surface area (Å²) in [6.07, 6.45) is 3.64. The Labute approximate surface area is 76.8 Å². The monoisotopic (exact) mass is 180 g/mol. The van der Waals surface area contributed by atoms with Crippen LogP contribution in [0.4, 0.5) is 0 Å². The SMILES string of the molecule is C1=NC=c2ccccc2=NC1.Cl. The second kappa shape index (κ2) is 4.02. The third-order valence-electron chi connectivity index (χ3n) is 1.60. The lowest BCUT2D eigenvalue weighted by molar-refractivity contribution is 1.19. The Hall–Kier alpha value is -1.15. The van der Waals surface area contributed by atoms with Crippen LogP contribution in [-0.4, -0.2) is 12.8 Å². The zero-order valence-electron chi connectivity index (χ0n) is 6.47. The highest BCUT2D eigenvalue weighted by Gasteiger charge is 1.86. The van der Waals surface area contributed by atoms with E-state index in [-0.39, 0.29) is 12.4 Å². The van der Waals surface area contributed by atoms with Crippen LogP contribution in [-0.2, 0) is 0 Å². The molecule has 0 N–H and O–H groups in total. The van der Waals surface area contributed by atoms with E-state index in [4.69, 9.17) is 0 Å². The summed E-state index contributed by atoms with van der Waals surface area (Å²) in [7, 11) is 0. The molecule has 1 aromatic carbocycles. The number of aliphatic imine (C=N–C) groups is 1. The van der Waals surface area contributed by atoms with E-state index in [1.165, 1.54) is 0 Å². The molecule has 0 spiro atoms. The average molecular weight is 181 g/mol. The third kappa shape index (κ3) is 1.71. The summed E-state index contributed by atoms with van der Waals surface area (Å²) in [6, 6.07) is 8.00. The highest BCUT2D eigenvalue weighted by Crippen LogP contribution is 1.77. The zero-order chi connectivity index (χ0) is 7.52. The minimum atomic E-state index is 0.